The number of hydrogen-bond acceptors (Lipinski definition) is 4. The van der Waals surface area contributed by atoms with Crippen LogP contribution < -0.4 is 9.47 Å². The van der Waals surface area contributed by atoms with Gasteiger partial charge in [-0.25, -0.2) is 0 Å². The lowest BCUT2D eigenvalue weighted by atomic mass is 10.1. The molecule has 128 valence electrons. The van der Waals surface area contributed by atoms with E-state index in [9.17, 15) is 9.59 Å². The minimum Gasteiger partial charge on any atom is -0.497 e. The first-order valence-corrected chi connectivity index (χ1v) is 8.26. The molecular weight excluding hydrogens is 318 g/mol. The van der Waals surface area contributed by atoms with Gasteiger partial charge >= 0.3 is 0 Å². The molecule has 1 heterocycles. The van der Waals surface area contributed by atoms with Crippen LogP contribution in [0.4, 0.5) is 0 Å². The fraction of sp³-hybridized carbons (Fsp3) is 0.300. The molecule has 25 heavy (non-hydrogen) atoms. The van der Waals surface area contributed by atoms with Crippen LogP contribution in [0.3, 0.4) is 0 Å². The third-order valence-electron chi connectivity index (χ3n) is 5.12. The van der Waals surface area contributed by atoms with Crippen molar-refractivity contribution in [1.82, 2.24) is 4.90 Å². The maximum atomic E-state index is 12.6. The monoisotopic (exact) mass is 337 g/mol. The number of nitrogens with zero attached hydrogens (tertiary/aromatic N) is 1. The quantitative estimate of drug-likeness (QED) is 0.787. The number of carbonyl (C=O) groups is 2. The standard InChI is InChI=1S/C20H19NO4/c1-24-14-7-3-12(4-8-14)11-21-19(22)17-16(18(17)20(21)23)13-5-9-15(25-2)10-6-13/h3-10,16-18H,11H2,1-2H3/t16?,17-,18?/m1/s1. The number of methoxy groups -OCH3 is 2. The SMILES string of the molecule is COc1ccc(CN2C(=O)C3C(c4ccc(OC)cc4)[C@H]3C2=O)cc1. The Morgan fingerprint density at radius 3 is 1.72 bits per heavy atom. The summed E-state index contributed by atoms with van der Waals surface area (Å²) >= 11 is 0. The number of imide groups is 1. The maximum absolute atomic E-state index is 12.6. The highest BCUT2D eigenvalue weighted by molar-refractivity contribution is 6.10. The first kappa shape index (κ1) is 15.7. The van der Waals surface area contributed by atoms with Crippen molar-refractivity contribution in [2.75, 3.05) is 14.2 Å². The molecule has 0 bridgehead atoms. The molecular formula is C20H19NO4. The number of benzene rings is 2. The van der Waals surface area contributed by atoms with Gasteiger partial charge in [0.15, 0.2) is 0 Å². The third-order valence-corrected chi connectivity index (χ3v) is 5.12. The second kappa shape index (κ2) is 5.92. The second-order valence-electron chi connectivity index (χ2n) is 6.46. The predicted octanol–water partition coefficient (Wildman–Crippen LogP) is 2.60. The number of fused-ring (bicyclic) bond motifs is 1. The zero-order valence-corrected chi connectivity index (χ0v) is 14.1. The van der Waals surface area contributed by atoms with Crippen LogP contribution in [-0.4, -0.2) is 30.9 Å². The first-order chi connectivity index (χ1) is 12.1. The summed E-state index contributed by atoms with van der Waals surface area (Å²) in [5.41, 5.74) is 1.95. The Kier molecular flexibility index (Phi) is 3.71. The van der Waals surface area contributed by atoms with Crippen LogP contribution in [0.15, 0.2) is 48.5 Å². The van der Waals surface area contributed by atoms with Crippen molar-refractivity contribution in [2.24, 2.45) is 11.8 Å². The lowest BCUT2D eigenvalue weighted by Gasteiger charge is -2.18. The minimum absolute atomic E-state index is 0.0121. The van der Waals surface area contributed by atoms with Gasteiger partial charge in [-0.05, 0) is 35.4 Å². The van der Waals surface area contributed by atoms with Crippen LogP contribution in [0.1, 0.15) is 17.0 Å². The molecule has 1 saturated heterocycles. The Morgan fingerprint density at radius 2 is 1.24 bits per heavy atom. The van der Waals surface area contributed by atoms with E-state index in [0.717, 1.165) is 22.6 Å². The summed E-state index contributed by atoms with van der Waals surface area (Å²) in [6, 6.07) is 15.0. The first-order valence-electron chi connectivity index (χ1n) is 8.26. The predicted molar refractivity (Wildman–Crippen MR) is 91.3 cm³/mol. The highest BCUT2D eigenvalue weighted by atomic mass is 16.5. The fourth-order valence-electron chi connectivity index (χ4n) is 3.70. The van der Waals surface area contributed by atoms with E-state index in [2.05, 4.69) is 0 Å². The molecule has 4 rings (SSSR count). The molecule has 2 aromatic rings. The zero-order valence-electron chi connectivity index (χ0n) is 14.1. The summed E-state index contributed by atoms with van der Waals surface area (Å²) in [4.78, 5) is 26.7. The van der Waals surface area contributed by atoms with Gasteiger partial charge in [0.25, 0.3) is 0 Å². The van der Waals surface area contributed by atoms with Crippen LogP contribution in [0.5, 0.6) is 11.5 Å². The fourth-order valence-corrected chi connectivity index (χ4v) is 3.70. The molecule has 2 aromatic carbocycles. The van der Waals surface area contributed by atoms with Gasteiger partial charge in [0.05, 0.1) is 32.6 Å². The van der Waals surface area contributed by atoms with Gasteiger partial charge in [0.1, 0.15) is 11.5 Å². The van der Waals surface area contributed by atoms with Gasteiger partial charge in [-0.2, -0.15) is 0 Å². The number of likely N-dealkylation sites (tertiary alicyclic amines) is 1. The molecule has 0 aromatic heterocycles. The Labute approximate surface area is 146 Å². The molecule has 2 aliphatic rings. The number of piperidine rings is 1. The Balaban J connectivity index is 1.47. The molecule has 0 spiro atoms. The number of hydrogen-bond donors (Lipinski definition) is 0. The van der Waals surface area contributed by atoms with Crippen LogP contribution in [0.2, 0.25) is 0 Å². The minimum atomic E-state index is -0.209. The summed E-state index contributed by atoms with van der Waals surface area (Å²) in [5, 5.41) is 0. The molecule has 5 heteroatoms. The van der Waals surface area contributed by atoms with E-state index in [1.807, 2.05) is 48.5 Å². The van der Waals surface area contributed by atoms with E-state index < -0.39 is 0 Å². The van der Waals surface area contributed by atoms with Crippen LogP contribution in [0.25, 0.3) is 0 Å². The van der Waals surface area contributed by atoms with Crippen molar-refractivity contribution < 1.29 is 19.1 Å². The normalized spacial score (nSPS) is 24.2. The summed E-state index contributed by atoms with van der Waals surface area (Å²) in [5.74, 6) is 0.994. The zero-order chi connectivity index (χ0) is 17.6. The van der Waals surface area contributed by atoms with Crippen molar-refractivity contribution in [3.8, 4) is 11.5 Å². The number of rotatable bonds is 5. The number of carbonyl (C=O) groups excluding carboxylic acids is 2. The van der Waals surface area contributed by atoms with Crippen molar-refractivity contribution in [2.45, 2.75) is 12.5 Å². The summed E-state index contributed by atoms with van der Waals surface area (Å²) < 4.78 is 10.3. The van der Waals surface area contributed by atoms with E-state index in [1.54, 1.807) is 14.2 Å². The van der Waals surface area contributed by atoms with Crippen LogP contribution in [0, 0.1) is 11.8 Å². The molecule has 0 radical (unpaired) electrons. The van der Waals surface area contributed by atoms with Crippen molar-refractivity contribution in [3.63, 3.8) is 0 Å². The van der Waals surface area contributed by atoms with E-state index in [0.29, 0.717) is 6.54 Å². The molecule has 2 amide bonds. The topological polar surface area (TPSA) is 55.8 Å². The van der Waals surface area contributed by atoms with Gasteiger partial charge in [0, 0.05) is 5.92 Å². The van der Waals surface area contributed by atoms with Crippen molar-refractivity contribution >= 4 is 11.8 Å². The molecule has 1 aliphatic heterocycles. The van der Waals surface area contributed by atoms with E-state index in [4.69, 9.17) is 9.47 Å². The molecule has 2 fully saturated rings. The Hall–Kier alpha value is -2.82. The lowest BCUT2D eigenvalue weighted by Crippen LogP contribution is -2.33. The average Bonchev–Trinajstić information content (AvgIpc) is 3.35. The van der Waals surface area contributed by atoms with Gasteiger partial charge in [-0.3, -0.25) is 14.5 Å². The summed E-state index contributed by atoms with van der Waals surface area (Å²) in [7, 11) is 3.22. The molecule has 2 unspecified atom stereocenters. The molecule has 5 nitrogen and oxygen atoms in total. The molecule has 1 saturated carbocycles. The Bertz CT molecular complexity index is 791. The average molecular weight is 337 g/mol. The summed E-state index contributed by atoms with van der Waals surface area (Å²) in [6.45, 7) is 0.323. The molecule has 3 atom stereocenters. The van der Waals surface area contributed by atoms with Gasteiger partial charge in [-0.15, -0.1) is 0 Å². The number of amides is 2. The van der Waals surface area contributed by atoms with Crippen LogP contribution >= 0.6 is 0 Å². The highest BCUT2D eigenvalue weighted by Crippen LogP contribution is 2.59. The maximum Gasteiger partial charge on any atom is 0.234 e. The van der Waals surface area contributed by atoms with Crippen molar-refractivity contribution in [3.05, 3.63) is 59.7 Å². The molecule has 1 aliphatic carbocycles. The largest absolute Gasteiger partial charge is 0.497 e. The highest BCUT2D eigenvalue weighted by Gasteiger charge is 2.67. The number of ether oxygens (including phenoxy) is 2. The third kappa shape index (κ3) is 2.56. The van der Waals surface area contributed by atoms with Crippen molar-refractivity contribution in [1.29, 1.82) is 0 Å². The lowest BCUT2D eigenvalue weighted by molar-refractivity contribution is -0.142. The summed E-state index contributed by atoms with van der Waals surface area (Å²) in [6.07, 6.45) is 0. The van der Waals surface area contributed by atoms with E-state index in [1.165, 1.54) is 4.90 Å². The van der Waals surface area contributed by atoms with Gasteiger partial charge in [0.2, 0.25) is 11.8 Å². The smallest absolute Gasteiger partial charge is 0.234 e. The van der Waals surface area contributed by atoms with Crippen LogP contribution in [-0.2, 0) is 16.1 Å². The van der Waals surface area contributed by atoms with Gasteiger partial charge in [-0.1, -0.05) is 24.3 Å². The van der Waals surface area contributed by atoms with E-state index >= 15 is 0 Å². The molecule has 0 N–H and O–H groups in total. The second-order valence-corrected chi connectivity index (χ2v) is 6.46. The van der Waals surface area contributed by atoms with Gasteiger partial charge < -0.3 is 9.47 Å². The van der Waals surface area contributed by atoms with E-state index in [-0.39, 0.29) is 29.6 Å². The Morgan fingerprint density at radius 1 is 0.760 bits per heavy atom.